The summed E-state index contributed by atoms with van der Waals surface area (Å²) in [6.07, 6.45) is 5.22. The van der Waals surface area contributed by atoms with Gasteiger partial charge in [-0.15, -0.1) is 0 Å². The molecule has 2 heterocycles. The minimum atomic E-state index is -0.326. The van der Waals surface area contributed by atoms with E-state index < -0.39 is 0 Å². The van der Waals surface area contributed by atoms with Gasteiger partial charge in [-0.05, 0) is 61.2 Å². The van der Waals surface area contributed by atoms with Gasteiger partial charge in [-0.2, -0.15) is 0 Å². The van der Waals surface area contributed by atoms with E-state index >= 15 is 0 Å². The zero-order valence-electron chi connectivity index (χ0n) is 18.1. The third-order valence-electron chi connectivity index (χ3n) is 6.23. The van der Waals surface area contributed by atoms with Gasteiger partial charge in [-0.3, -0.25) is 14.5 Å². The van der Waals surface area contributed by atoms with Crippen LogP contribution >= 0.6 is 11.6 Å². The Hall–Kier alpha value is -3.05. The first kappa shape index (κ1) is 20.8. The van der Waals surface area contributed by atoms with Crippen molar-refractivity contribution in [2.24, 2.45) is 0 Å². The Morgan fingerprint density at radius 2 is 1.81 bits per heavy atom. The number of aromatic nitrogens is 1. The van der Waals surface area contributed by atoms with Crippen LogP contribution in [0.4, 0.5) is 5.69 Å². The molecular weight excluding hydrogens is 422 g/mol. The monoisotopic (exact) mass is 447 g/mol. The summed E-state index contributed by atoms with van der Waals surface area (Å²) in [6.45, 7) is 2.09. The quantitative estimate of drug-likeness (QED) is 0.510. The summed E-state index contributed by atoms with van der Waals surface area (Å²) >= 11 is 6.34. The highest BCUT2D eigenvalue weighted by molar-refractivity contribution is 6.30. The molecule has 0 saturated heterocycles. The van der Waals surface area contributed by atoms with E-state index in [-0.39, 0.29) is 30.4 Å². The van der Waals surface area contributed by atoms with Gasteiger partial charge in [-0.25, -0.2) is 0 Å². The first-order valence-corrected chi connectivity index (χ1v) is 11.6. The summed E-state index contributed by atoms with van der Waals surface area (Å²) in [5.74, 6) is -0.0115. The Bertz CT molecular complexity index is 1170. The maximum absolute atomic E-state index is 13.9. The second-order valence-electron chi connectivity index (χ2n) is 8.52. The van der Waals surface area contributed by atoms with Crippen LogP contribution in [0.2, 0.25) is 5.02 Å². The molecule has 1 unspecified atom stereocenters. The number of nitrogens with zero attached hydrogens (tertiary/aromatic N) is 3. The number of para-hydroxylation sites is 2. The van der Waals surface area contributed by atoms with Gasteiger partial charge in [0.1, 0.15) is 12.6 Å². The molecule has 2 aliphatic rings. The van der Waals surface area contributed by atoms with Crippen molar-refractivity contribution in [3.05, 3.63) is 83.1 Å². The van der Waals surface area contributed by atoms with Gasteiger partial charge in [0, 0.05) is 23.7 Å². The van der Waals surface area contributed by atoms with Crippen LogP contribution in [-0.2, 0) is 9.59 Å². The largest absolute Gasteiger partial charge is 0.330 e. The zero-order valence-corrected chi connectivity index (χ0v) is 18.8. The molecule has 1 atom stereocenters. The molecule has 0 spiro atoms. The molecule has 1 aliphatic heterocycles. The van der Waals surface area contributed by atoms with E-state index in [1.807, 2.05) is 78.7 Å². The number of carbonyl (C=O) groups excluding carboxylic acids is 2. The van der Waals surface area contributed by atoms with E-state index in [9.17, 15) is 9.59 Å². The van der Waals surface area contributed by atoms with Crippen molar-refractivity contribution in [2.75, 3.05) is 11.4 Å². The topological polar surface area (TPSA) is 45.6 Å². The minimum absolute atomic E-state index is 0.0660. The van der Waals surface area contributed by atoms with Crippen LogP contribution in [0.3, 0.4) is 0 Å². The lowest BCUT2D eigenvalue weighted by Gasteiger charge is -2.39. The number of halogens is 1. The van der Waals surface area contributed by atoms with E-state index in [0.717, 1.165) is 41.9 Å². The fraction of sp³-hybridized carbons (Fsp3) is 0.308. The molecule has 5 nitrogen and oxygen atoms in total. The van der Waals surface area contributed by atoms with E-state index in [1.54, 1.807) is 4.90 Å². The summed E-state index contributed by atoms with van der Waals surface area (Å²) in [5.41, 5.74) is 3.73. The van der Waals surface area contributed by atoms with Gasteiger partial charge in [0.05, 0.1) is 17.1 Å². The summed E-state index contributed by atoms with van der Waals surface area (Å²) in [6, 6.07) is 19.5. The third-order valence-corrected chi connectivity index (χ3v) is 6.47. The number of rotatable bonds is 6. The number of fused-ring (bicyclic) bond motifs is 3. The summed E-state index contributed by atoms with van der Waals surface area (Å²) in [7, 11) is 0. The smallest absolute Gasteiger partial charge is 0.247 e. The normalized spacial score (nSPS) is 16.9. The molecule has 1 aliphatic carbocycles. The molecule has 2 aromatic carbocycles. The fourth-order valence-electron chi connectivity index (χ4n) is 4.64. The molecule has 1 aromatic heterocycles. The maximum Gasteiger partial charge on any atom is 0.247 e. The predicted octanol–water partition coefficient (Wildman–Crippen LogP) is 5.36. The highest BCUT2D eigenvalue weighted by atomic mass is 35.5. The lowest BCUT2D eigenvalue weighted by atomic mass is 9.97. The summed E-state index contributed by atoms with van der Waals surface area (Å²) in [5, 5.41) is 0.629. The lowest BCUT2D eigenvalue weighted by molar-refractivity contribution is -0.136. The van der Waals surface area contributed by atoms with Crippen molar-refractivity contribution < 1.29 is 9.59 Å². The number of anilines is 1. The maximum atomic E-state index is 13.9. The molecule has 2 amide bonds. The minimum Gasteiger partial charge on any atom is -0.330 e. The van der Waals surface area contributed by atoms with Crippen molar-refractivity contribution in [2.45, 2.75) is 44.7 Å². The molecular formula is C26H26ClN3O2. The number of hydrogen-bond donors (Lipinski definition) is 0. The highest BCUT2D eigenvalue weighted by Crippen LogP contribution is 2.43. The van der Waals surface area contributed by atoms with Crippen LogP contribution < -0.4 is 4.90 Å². The number of amides is 2. The molecule has 5 rings (SSSR count). The molecule has 0 bridgehead atoms. The van der Waals surface area contributed by atoms with E-state index in [1.165, 1.54) is 0 Å². The second kappa shape index (κ2) is 8.47. The van der Waals surface area contributed by atoms with Crippen LogP contribution in [0.15, 0.2) is 66.9 Å². The highest BCUT2D eigenvalue weighted by Gasteiger charge is 2.39. The van der Waals surface area contributed by atoms with Crippen LogP contribution in [0.5, 0.6) is 0 Å². The van der Waals surface area contributed by atoms with Crippen molar-refractivity contribution >= 4 is 29.1 Å². The van der Waals surface area contributed by atoms with Gasteiger partial charge in [0.15, 0.2) is 0 Å². The summed E-state index contributed by atoms with van der Waals surface area (Å²) in [4.78, 5) is 30.3. The molecule has 6 heteroatoms. The average Bonchev–Trinajstić information content (AvgIpc) is 3.51. The van der Waals surface area contributed by atoms with Crippen LogP contribution in [0, 0.1) is 0 Å². The van der Waals surface area contributed by atoms with Crippen LogP contribution in [-0.4, -0.2) is 33.9 Å². The Balaban J connectivity index is 1.59. The fourth-order valence-corrected chi connectivity index (χ4v) is 4.84. The molecule has 164 valence electrons. The standard InChI is InChI=1S/C26H26ClN3O2/c1-2-7-24(31)29(20-13-14-20)17-25(32)30-22-11-4-3-10-21(22)28-15-6-12-23(28)26(30)18-8-5-9-19(27)16-18/h3-6,8-12,15-16,20,26H,2,7,13-14,17H2,1H3. The Labute approximate surface area is 193 Å². The molecule has 0 radical (unpaired) electrons. The SMILES string of the molecule is CCCC(=O)N(CC(=O)N1c2ccccc2-n2cccc2C1c1cccc(Cl)c1)C1CC1. The second-order valence-corrected chi connectivity index (χ2v) is 8.95. The van der Waals surface area contributed by atoms with Gasteiger partial charge < -0.3 is 9.47 Å². The Morgan fingerprint density at radius 1 is 1.03 bits per heavy atom. The molecule has 32 heavy (non-hydrogen) atoms. The zero-order chi connectivity index (χ0) is 22.2. The third kappa shape index (κ3) is 3.71. The van der Waals surface area contributed by atoms with Gasteiger partial charge in [0.2, 0.25) is 11.8 Å². The van der Waals surface area contributed by atoms with Crippen LogP contribution in [0.1, 0.15) is 49.9 Å². The van der Waals surface area contributed by atoms with Crippen molar-refractivity contribution in [1.82, 2.24) is 9.47 Å². The molecule has 0 N–H and O–H groups in total. The number of carbonyl (C=O) groups is 2. The Kier molecular flexibility index (Phi) is 5.51. The van der Waals surface area contributed by atoms with Gasteiger partial charge >= 0.3 is 0 Å². The molecule has 1 fully saturated rings. The first-order valence-electron chi connectivity index (χ1n) is 11.2. The van der Waals surface area contributed by atoms with Crippen molar-refractivity contribution in [1.29, 1.82) is 0 Å². The summed E-state index contributed by atoms with van der Waals surface area (Å²) < 4.78 is 2.13. The molecule has 3 aromatic rings. The average molecular weight is 448 g/mol. The lowest BCUT2D eigenvalue weighted by Crippen LogP contribution is -2.47. The first-order chi connectivity index (χ1) is 15.6. The van der Waals surface area contributed by atoms with Gasteiger partial charge in [-0.1, -0.05) is 42.8 Å². The Morgan fingerprint density at radius 3 is 2.53 bits per heavy atom. The van der Waals surface area contributed by atoms with E-state index in [2.05, 4.69) is 4.57 Å². The van der Waals surface area contributed by atoms with E-state index in [0.29, 0.717) is 11.4 Å². The number of hydrogen-bond acceptors (Lipinski definition) is 2. The van der Waals surface area contributed by atoms with E-state index in [4.69, 9.17) is 11.6 Å². The molecule has 1 saturated carbocycles. The van der Waals surface area contributed by atoms with Crippen molar-refractivity contribution in [3.63, 3.8) is 0 Å². The van der Waals surface area contributed by atoms with Gasteiger partial charge in [0.25, 0.3) is 0 Å². The van der Waals surface area contributed by atoms with Crippen molar-refractivity contribution in [3.8, 4) is 5.69 Å². The van der Waals surface area contributed by atoms with Crippen LogP contribution in [0.25, 0.3) is 5.69 Å². The predicted molar refractivity (Wildman–Crippen MR) is 126 cm³/mol. The number of benzene rings is 2.